The molecule has 1 aliphatic heterocycles. The van der Waals surface area contributed by atoms with Crippen molar-refractivity contribution < 1.29 is 19.1 Å². The van der Waals surface area contributed by atoms with Gasteiger partial charge in [0.2, 0.25) is 0 Å². The highest BCUT2D eigenvalue weighted by atomic mass is 16.6. The Kier molecular flexibility index (Phi) is 6.58. The smallest absolute Gasteiger partial charge is 0.410 e. The molecular weight excluding hydrogens is 354 g/mol. The predicted molar refractivity (Wildman–Crippen MR) is 106 cm³/mol. The summed E-state index contributed by atoms with van der Waals surface area (Å²) in [5, 5.41) is 0. The van der Waals surface area contributed by atoms with Gasteiger partial charge >= 0.3 is 6.09 Å². The number of rotatable bonds is 6. The lowest BCUT2D eigenvalue weighted by molar-refractivity contribution is -0.128. The number of Topliss-reactive ketones (excluding diaryl/α,β-unsaturated/α-hetero) is 1. The number of nitrogens with zero attached hydrogens (tertiary/aromatic N) is 1. The van der Waals surface area contributed by atoms with E-state index in [1.807, 2.05) is 61.5 Å². The second kappa shape index (κ2) is 9.31. The highest BCUT2D eigenvalue weighted by Gasteiger charge is 2.32. The van der Waals surface area contributed by atoms with Crippen LogP contribution in [0.2, 0.25) is 0 Å². The number of likely N-dealkylation sites (tertiary alicyclic amines) is 1. The van der Waals surface area contributed by atoms with Gasteiger partial charge in [0.25, 0.3) is 0 Å². The molecule has 2 aromatic carbocycles. The zero-order valence-corrected chi connectivity index (χ0v) is 16.0. The number of piperidine rings is 1. The molecular formula is C23H25NO4. The fourth-order valence-electron chi connectivity index (χ4n) is 3.49. The molecule has 3 rings (SSSR count). The minimum atomic E-state index is -0.734. The molecule has 0 saturated carbocycles. The summed E-state index contributed by atoms with van der Waals surface area (Å²) in [6, 6.07) is 17.0. The van der Waals surface area contributed by atoms with Crippen molar-refractivity contribution in [2.24, 2.45) is 5.92 Å². The van der Waals surface area contributed by atoms with Crippen molar-refractivity contribution in [1.82, 2.24) is 4.90 Å². The van der Waals surface area contributed by atoms with Crippen LogP contribution in [0.3, 0.4) is 0 Å². The largest absolute Gasteiger partial charge is 0.445 e. The Hall–Kier alpha value is -2.95. The monoisotopic (exact) mass is 379 g/mol. The number of aryl methyl sites for hydroxylation is 1. The number of hydrogen-bond acceptors (Lipinski definition) is 4. The molecule has 1 aliphatic rings. The van der Waals surface area contributed by atoms with Crippen molar-refractivity contribution in [3.05, 3.63) is 71.3 Å². The maximum absolute atomic E-state index is 12.8. The van der Waals surface area contributed by atoms with Gasteiger partial charge in [0.05, 0.1) is 5.92 Å². The predicted octanol–water partition coefficient (Wildman–Crippen LogP) is 3.90. The van der Waals surface area contributed by atoms with E-state index in [0.717, 1.165) is 23.0 Å². The Labute approximate surface area is 165 Å². The van der Waals surface area contributed by atoms with Gasteiger partial charge in [-0.3, -0.25) is 4.79 Å². The first-order valence-electron chi connectivity index (χ1n) is 9.59. The van der Waals surface area contributed by atoms with E-state index in [2.05, 4.69) is 0 Å². The number of carbonyl (C=O) groups is 3. The lowest BCUT2D eigenvalue weighted by Gasteiger charge is -2.31. The van der Waals surface area contributed by atoms with E-state index in [9.17, 15) is 14.4 Å². The topological polar surface area (TPSA) is 63.7 Å². The molecule has 5 heteroatoms. The minimum Gasteiger partial charge on any atom is -0.445 e. The summed E-state index contributed by atoms with van der Waals surface area (Å²) in [7, 11) is 0. The maximum Gasteiger partial charge on any atom is 0.410 e. The molecule has 0 N–H and O–H groups in total. The molecule has 0 spiro atoms. The molecule has 146 valence electrons. The van der Waals surface area contributed by atoms with Crippen molar-refractivity contribution in [3.63, 3.8) is 0 Å². The van der Waals surface area contributed by atoms with Gasteiger partial charge in [0.15, 0.2) is 5.78 Å². The third-order valence-electron chi connectivity index (χ3n) is 5.24. The van der Waals surface area contributed by atoms with Crippen LogP contribution < -0.4 is 0 Å². The zero-order chi connectivity index (χ0) is 19.9. The first-order chi connectivity index (χ1) is 13.6. The minimum absolute atomic E-state index is 0.0591. The zero-order valence-electron chi connectivity index (χ0n) is 16.0. The lowest BCUT2D eigenvalue weighted by atomic mass is 9.83. The summed E-state index contributed by atoms with van der Waals surface area (Å²) in [5.41, 5.74) is 2.76. The van der Waals surface area contributed by atoms with E-state index in [4.69, 9.17) is 4.74 Å². The molecule has 0 aromatic heterocycles. The number of hydrogen-bond donors (Lipinski definition) is 0. The number of ether oxygens (including phenoxy) is 1. The van der Waals surface area contributed by atoms with E-state index < -0.39 is 5.92 Å². The maximum atomic E-state index is 12.8. The summed E-state index contributed by atoms with van der Waals surface area (Å²) in [5.74, 6) is -1.01. The molecule has 0 aliphatic carbocycles. The second-order valence-corrected chi connectivity index (χ2v) is 7.23. The van der Waals surface area contributed by atoms with Gasteiger partial charge in [0.1, 0.15) is 12.9 Å². The molecule has 1 atom stereocenters. The molecule has 1 heterocycles. The van der Waals surface area contributed by atoms with E-state index >= 15 is 0 Å². The average molecular weight is 379 g/mol. The van der Waals surface area contributed by atoms with Crippen LogP contribution in [0.1, 0.15) is 35.4 Å². The third kappa shape index (κ3) is 4.85. The van der Waals surface area contributed by atoms with Crippen molar-refractivity contribution in [1.29, 1.82) is 0 Å². The summed E-state index contributed by atoms with van der Waals surface area (Å²) in [6.07, 6.45) is 1.47. The van der Waals surface area contributed by atoms with Crippen LogP contribution in [0, 0.1) is 12.8 Å². The first kappa shape index (κ1) is 19.8. The molecule has 0 bridgehead atoms. The molecule has 1 amide bonds. The van der Waals surface area contributed by atoms with Crippen LogP contribution in [0.5, 0.6) is 0 Å². The van der Waals surface area contributed by atoms with Crippen LogP contribution in [0.4, 0.5) is 4.79 Å². The molecule has 2 aromatic rings. The number of carbonyl (C=O) groups excluding carboxylic acids is 3. The van der Waals surface area contributed by atoms with Gasteiger partial charge in [-0.1, -0.05) is 60.2 Å². The Balaban J connectivity index is 1.52. The van der Waals surface area contributed by atoms with Gasteiger partial charge in [0, 0.05) is 19.0 Å². The highest BCUT2D eigenvalue weighted by molar-refractivity contribution is 6.00. The Morgan fingerprint density at radius 2 is 1.71 bits per heavy atom. The van der Waals surface area contributed by atoms with E-state index in [1.165, 1.54) is 0 Å². The van der Waals surface area contributed by atoms with E-state index in [1.54, 1.807) is 4.90 Å². The summed E-state index contributed by atoms with van der Waals surface area (Å²) in [4.78, 5) is 38.3. The number of ketones is 1. The Bertz CT molecular complexity index is 808. The number of amides is 1. The summed E-state index contributed by atoms with van der Waals surface area (Å²) < 4.78 is 5.36. The fraction of sp³-hybridized carbons (Fsp3) is 0.348. The fourth-order valence-corrected chi connectivity index (χ4v) is 3.49. The van der Waals surface area contributed by atoms with Gasteiger partial charge in [-0.25, -0.2) is 4.79 Å². The number of benzene rings is 2. The van der Waals surface area contributed by atoms with Crippen molar-refractivity contribution in [2.75, 3.05) is 13.1 Å². The lowest BCUT2D eigenvalue weighted by Crippen LogP contribution is -2.41. The van der Waals surface area contributed by atoms with Crippen LogP contribution in [0.15, 0.2) is 54.6 Å². The molecule has 1 unspecified atom stereocenters. The quantitative estimate of drug-likeness (QED) is 0.564. The molecule has 1 fully saturated rings. The molecule has 5 nitrogen and oxygen atoms in total. The number of aldehydes is 1. The van der Waals surface area contributed by atoms with Crippen LogP contribution in [0.25, 0.3) is 0 Å². The van der Waals surface area contributed by atoms with Gasteiger partial charge in [-0.2, -0.15) is 0 Å². The first-order valence-corrected chi connectivity index (χ1v) is 9.59. The van der Waals surface area contributed by atoms with Crippen LogP contribution in [-0.4, -0.2) is 36.2 Å². The molecule has 0 radical (unpaired) electrons. The van der Waals surface area contributed by atoms with E-state index in [-0.39, 0.29) is 24.4 Å². The standard InChI is InChI=1S/C23H25NO4/c1-17-7-9-19(10-8-17)21(15-25)22(26)20-11-13-24(14-12-20)23(27)28-16-18-5-3-2-4-6-18/h2-10,15,20-21H,11-14,16H2,1H3. The third-order valence-corrected chi connectivity index (χ3v) is 5.24. The van der Waals surface area contributed by atoms with Gasteiger partial charge in [-0.15, -0.1) is 0 Å². The van der Waals surface area contributed by atoms with Crippen molar-refractivity contribution in [3.8, 4) is 0 Å². The van der Waals surface area contributed by atoms with Crippen LogP contribution in [-0.2, 0) is 20.9 Å². The Morgan fingerprint density at radius 3 is 2.32 bits per heavy atom. The van der Waals surface area contributed by atoms with Crippen molar-refractivity contribution in [2.45, 2.75) is 32.3 Å². The van der Waals surface area contributed by atoms with Crippen LogP contribution >= 0.6 is 0 Å². The van der Waals surface area contributed by atoms with Crippen molar-refractivity contribution >= 4 is 18.2 Å². The van der Waals surface area contributed by atoms with E-state index in [0.29, 0.717) is 25.9 Å². The summed E-state index contributed by atoms with van der Waals surface area (Å²) >= 11 is 0. The highest BCUT2D eigenvalue weighted by Crippen LogP contribution is 2.26. The molecule has 28 heavy (non-hydrogen) atoms. The SMILES string of the molecule is Cc1ccc(C(C=O)C(=O)C2CCN(C(=O)OCc3ccccc3)CC2)cc1. The Morgan fingerprint density at radius 1 is 1.07 bits per heavy atom. The van der Waals surface area contributed by atoms with Gasteiger partial charge < -0.3 is 14.4 Å². The summed E-state index contributed by atoms with van der Waals surface area (Å²) in [6.45, 7) is 3.13. The normalized spacial score (nSPS) is 15.7. The molecule has 1 saturated heterocycles. The second-order valence-electron chi connectivity index (χ2n) is 7.23. The van der Waals surface area contributed by atoms with Gasteiger partial charge in [-0.05, 0) is 30.9 Å². The average Bonchev–Trinajstić information content (AvgIpc) is 2.74.